The summed E-state index contributed by atoms with van der Waals surface area (Å²) in [6.45, 7) is 0. The van der Waals surface area contributed by atoms with E-state index >= 15 is 0 Å². The molecule has 0 aromatic heterocycles. The van der Waals surface area contributed by atoms with Crippen molar-refractivity contribution < 1.29 is 14.7 Å². The van der Waals surface area contributed by atoms with Gasteiger partial charge in [0.05, 0.1) is 5.92 Å². The normalized spacial score (nSPS) is 11.9. The van der Waals surface area contributed by atoms with E-state index in [0.717, 1.165) is 5.56 Å². The number of hydrogen-bond donors (Lipinski definition) is 1. The number of benzene rings is 2. The Kier molecular flexibility index (Phi) is 5.28. The summed E-state index contributed by atoms with van der Waals surface area (Å²) in [6, 6.07) is 16.1. The van der Waals surface area contributed by atoms with Gasteiger partial charge in [-0.15, -0.1) is 0 Å². The molecular weight excluding hydrogens is 332 g/mol. The number of Topliss-reactive ketones (excluding diaryl/α,β-unsaturated/α-hetero) is 1. The molecule has 1 N–H and O–H groups in total. The topological polar surface area (TPSA) is 54.4 Å². The maximum Gasteiger partial charge on any atom is 0.311 e. The van der Waals surface area contributed by atoms with Crippen LogP contribution >= 0.6 is 15.9 Å². The Morgan fingerprint density at radius 1 is 1.00 bits per heavy atom. The number of halogens is 1. The van der Waals surface area contributed by atoms with E-state index in [1.54, 1.807) is 36.4 Å². The first-order valence-electron chi connectivity index (χ1n) is 6.57. The molecule has 0 spiro atoms. The number of carboxylic acids is 1. The second kappa shape index (κ2) is 7.18. The van der Waals surface area contributed by atoms with Gasteiger partial charge in [-0.2, -0.15) is 0 Å². The van der Waals surface area contributed by atoms with Crippen molar-refractivity contribution in [1.82, 2.24) is 0 Å². The van der Waals surface area contributed by atoms with E-state index < -0.39 is 11.9 Å². The van der Waals surface area contributed by atoms with Crippen molar-refractivity contribution in [3.63, 3.8) is 0 Å². The molecule has 2 aromatic rings. The van der Waals surface area contributed by atoms with E-state index in [1.807, 2.05) is 18.2 Å². The van der Waals surface area contributed by atoms with Gasteiger partial charge in [0.25, 0.3) is 0 Å². The summed E-state index contributed by atoms with van der Waals surface area (Å²) in [5, 5.41) is 10.1. The summed E-state index contributed by atoms with van der Waals surface area (Å²) in [6.07, 6.45) is -0.0347. The van der Waals surface area contributed by atoms with Crippen LogP contribution in [-0.2, 0) is 10.1 Å². The number of carbonyl (C=O) groups is 2. The van der Waals surface area contributed by atoms with Crippen molar-refractivity contribution >= 4 is 27.7 Å². The Bertz CT molecular complexity index is 620. The number of hydrogen-bond acceptors (Lipinski definition) is 2. The average molecular weight is 347 g/mol. The van der Waals surface area contributed by atoms with Crippen LogP contribution in [0.15, 0.2) is 54.6 Å². The van der Waals surface area contributed by atoms with Crippen molar-refractivity contribution in [2.24, 2.45) is 0 Å². The number of ketones is 1. The lowest BCUT2D eigenvalue weighted by Gasteiger charge is -2.12. The largest absolute Gasteiger partial charge is 0.481 e. The molecule has 0 heterocycles. The highest BCUT2D eigenvalue weighted by Gasteiger charge is 2.23. The summed E-state index contributed by atoms with van der Waals surface area (Å²) < 4.78 is 0. The number of carbonyl (C=O) groups excluding carboxylic acids is 1. The van der Waals surface area contributed by atoms with Crippen molar-refractivity contribution in [3.8, 4) is 0 Å². The lowest BCUT2D eigenvalue weighted by molar-refractivity contribution is -0.138. The van der Waals surface area contributed by atoms with Crippen molar-refractivity contribution in [1.29, 1.82) is 0 Å². The summed E-state index contributed by atoms with van der Waals surface area (Å²) in [5.41, 5.74) is 2.26. The maximum absolute atomic E-state index is 12.2. The molecule has 2 rings (SSSR count). The zero-order valence-electron chi connectivity index (χ0n) is 11.3. The fourth-order valence-electron chi connectivity index (χ4n) is 2.11. The van der Waals surface area contributed by atoms with Gasteiger partial charge in [-0.1, -0.05) is 70.5 Å². The smallest absolute Gasteiger partial charge is 0.311 e. The van der Waals surface area contributed by atoms with Gasteiger partial charge >= 0.3 is 5.97 Å². The van der Waals surface area contributed by atoms with Gasteiger partial charge in [-0.3, -0.25) is 9.59 Å². The van der Waals surface area contributed by atoms with Crippen molar-refractivity contribution in [2.45, 2.75) is 17.7 Å². The molecule has 3 nitrogen and oxygen atoms in total. The van der Waals surface area contributed by atoms with Crippen LogP contribution < -0.4 is 0 Å². The van der Waals surface area contributed by atoms with E-state index in [1.165, 1.54) is 0 Å². The van der Waals surface area contributed by atoms with Gasteiger partial charge in [0.2, 0.25) is 0 Å². The van der Waals surface area contributed by atoms with E-state index in [0.29, 0.717) is 16.5 Å². The number of aliphatic carboxylic acids is 1. The fraction of sp³-hybridized carbons (Fsp3) is 0.176. The van der Waals surface area contributed by atoms with Crippen LogP contribution in [0.25, 0.3) is 0 Å². The SMILES string of the molecule is O=C(CC(C(=O)O)c1ccc(CBr)cc1)c1ccccc1. The van der Waals surface area contributed by atoms with Crippen LogP contribution in [0.2, 0.25) is 0 Å². The number of alkyl halides is 1. The lowest BCUT2D eigenvalue weighted by Crippen LogP contribution is -2.16. The standard InChI is InChI=1S/C17H15BrO3/c18-11-12-6-8-13(9-7-12)15(17(20)21)10-16(19)14-4-2-1-3-5-14/h1-9,15H,10-11H2,(H,20,21). The molecule has 0 aliphatic carbocycles. The predicted octanol–water partition coefficient (Wildman–Crippen LogP) is 4.02. The van der Waals surface area contributed by atoms with E-state index in [9.17, 15) is 14.7 Å². The lowest BCUT2D eigenvalue weighted by atomic mass is 9.91. The molecule has 0 amide bonds. The molecule has 0 saturated heterocycles. The third-order valence-electron chi connectivity index (χ3n) is 3.32. The molecule has 0 fully saturated rings. The number of rotatable bonds is 6. The van der Waals surface area contributed by atoms with Crippen LogP contribution in [0.5, 0.6) is 0 Å². The van der Waals surface area contributed by atoms with Crippen LogP contribution in [0.4, 0.5) is 0 Å². The van der Waals surface area contributed by atoms with E-state index in [-0.39, 0.29) is 12.2 Å². The molecular formula is C17H15BrO3. The monoisotopic (exact) mass is 346 g/mol. The molecule has 0 bridgehead atoms. The molecule has 4 heteroatoms. The Morgan fingerprint density at radius 3 is 2.14 bits per heavy atom. The third-order valence-corrected chi connectivity index (χ3v) is 3.97. The number of carboxylic acid groups (broad SMARTS) is 1. The Hall–Kier alpha value is -1.94. The van der Waals surface area contributed by atoms with Gasteiger partial charge in [-0.25, -0.2) is 0 Å². The first-order valence-corrected chi connectivity index (χ1v) is 7.70. The second-order valence-electron chi connectivity index (χ2n) is 4.76. The third kappa shape index (κ3) is 4.02. The van der Waals surface area contributed by atoms with Gasteiger partial charge < -0.3 is 5.11 Å². The molecule has 1 unspecified atom stereocenters. The molecule has 0 saturated carbocycles. The maximum atomic E-state index is 12.2. The molecule has 0 aliphatic rings. The van der Waals surface area contributed by atoms with Gasteiger partial charge in [0, 0.05) is 17.3 Å². The van der Waals surface area contributed by atoms with Gasteiger partial charge in [0.15, 0.2) is 5.78 Å². The highest BCUT2D eigenvalue weighted by molar-refractivity contribution is 9.08. The minimum atomic E-state index is -0.981. The summed E-state index contributed by atoms with van der Waals surface area (Å²) in [7, 11) is 0. The first kappa shape index (κ1) is 15.4. The van der Waals surface area contributed by atoms with Crippen molar-refractivity contribution in [3.05, 3.63) is 71.3 Å². The molecule has 0 aliphatic heterocycles. The Morgan fingerprint density at radius 2 is 1.62 bits per heavy atom. The van der Waals surface area contributed by atoms with E-state index in [4.69, 9.17) is 0 Å². The molecule has 108 valence electrons. The summed E-state index contributed by atoms with van der Waals surface area (Å²) in [4.78, 5) is 23.6. The van der Waals surface area contributed by atoms with Crippen LogP contribution in [-0.4, -0.2) is 16.9 Å². The Balaban J connectivity index is 2.19. The van der Waals surface area contributed by atoms with E-state index in [2.05, 4.69) is 15.9 Å². The Labute approximate surface area is 131 Å². The van der Waals surface area contributed by atoms with Gasteiger partial charge in [0.1, 0.15) is 0 Å². The molecule has 2 aromatic carbocycles. The zero-order valence-corrected chi connectivity index (χ0v) is 12.9. The average Bonchev–Trinajstić information content (AvgIpc) is 2.53. The zero-order chi connectivity index (χ0) is 15.2. The van der Waals surface area contributed by atoms with Crippen LogP contribution in [0.1, 0.15) is 33.8 Å². The molecule has 0 radical (unpaired) electrons. The summed E-state index contributed by atoms with van der Waals surface area (Å²) in [5.74, 6) is -1.96. The fourth-order valence-corrected chi connectivity index (χ4v) is 2.49. The van der Waals surface area contributed by atoms with Crippen LogP contribution in [0.3, 0.4) is 0 Å². The second-order valence-corrected chi connectivity index (χ2v) is 5.32. The van der Waals surface area contributed by atoms with Crippen LogP contribution in [0, 0.1) is 0 Å². The predicted molar refractivity (Wildman–Crippen MR) is 84.8 cm³/mol. The van der Waals surface area contributed by atoms with Gasteiger partial charge in [-0.05, 0) is 11.1 Å². The van der Waals surface area contributed by atoms with Crippen molar-refractivity contribution in [2.75, 3.05) is 0 Å². The molecule has 1 atom stereocenters. The highest BCUT2D eigenvalue weighted by atomic mass is 79.9. The summed E-state index contributed by atoms with van der Waals surface area (Å²) >= 11 is 3.35. The minimum Gasteiger partial charge on any atom is -0.481 e. The quantitative estimate of drug-likeness (QED) is 0.634. The highest BCUT2D eigenvalue weighted by Crippen LogP contribution is 2.23. The molecule has 21 heavy (non-hydrogen) atoms. The first-order chi connectivity index (χ1) is 10.1. The minimum absolute atomic E-state index is 0.0347.